The number of nitrogens with one attached hydrogen (secondary N) is 1. The van der Waals surface area contributed by atoms with E-state index in [1.165, 1.54) is 0 Å². The van der Waals surface area contributed by atoms with Crippen molar-refractivity contribution in [2.24, 2.45) is 0 Å². The molecule has 1 N–H and O–H groups in total. The van der Waals surface area contributed by atoms with E-state index in [-0.39, 0.29) is 5.97 Å². The summed E-state index contributed by atoms with van der Waals surface area (Å²) in [5.74, 6) is 0.923. The summed E-state index contributed by atoms with van der Waals surface area (Å²) in [6.07, 6.45) is 7.30. The van der Waals surface area contributed by atoms with Crippen LogP contribution in [0.25, 0.3) is 17.0 Å². The molecule has 0 saturated heterocycles. The van der Waals surface area contributed by atoms with Crippen molar-refractivity contribution in [2.75, 3.05) is 5.32 Å². The summed E-state index contributed by atoms with van der Waals surface area (Å²) in [7, 11) is 0. The molecule has 0 bridgehead atoms. The van der Waals surface area contributed by atoms with Crippen LogP contribution in [0.5, 0.6) is 0 Å². The Morgan fingerprint density at radius 2 is 1.88 bits per heavy atom. The Labute approximate surface area is 185 Å². The van der Waals surface area contributed by atoms with Crippen molar-refractivity contribution in [1.82, 2.24) is 24.6 Å². The Bertz CT molecular complexity index is 1270. The van der Waals surface area contributed by atoms with Gasteiger partial charge in [0.1, 0.15) is 17.1 Å². The highest BCUT2D eigenvalue weighted by molar-refractivity contribution is 5.90. The lowest BCUT2D eigenvalue weighted by atomic mass is 10.1. The van der Waals surface area contributed by atoms with Crippen molar-refractivity contribution >= 4 is 23.1 Å². The molecule has 8 nitrogen and oxygen atoms in total. The van der Waals surface area contributed by atoms with Gasteiger partial charge in [-0.2, -0.15) is 9.61 Å². The van der Waals surface area contributed by atoms with Crippen LogP contribution in [0.4, 0.5) is 11.5 Å². The maximum Gasteiger partial charge on any atom is 0.338 e. The van der Waals surface area contributed by atoms with E-state index in [0.29, 0.717) is 22.9 Å². The summed E-state index contributed by atoms with van der Waals surface area (Å²) in [4.78, 5) is 25.6. The predicted molar refractivity (Wildman–Crippen MR) is 121 cm³/mol. The van der Waals surface area contributed by atoms with Crippen molar-refractivity contribution in [1.29, 1.82) is 0 Å². The lowest BCUT2D eigenvalue weighted by Crippen LogP contribution is -2.23. The summed E-state index contributed by atoms with van der Waals surface area (Å²) >= 11 is 0. The molecular weight excluding hydrogens is 404 g/mol. The number of benzene rings is 1. The second kappa shape index (κ2) is 7.71. The second-order valence-corrected chi connectivity index (χ2v) is 8.93. The first-order chi connectivity index (χ1) is 15.4. The Morgan fingerprint density at radius 1 is 1.09 bits per heavy atom. The number of anilines is 2. The zero-order chi connectivity index (χ0) is 22.3. The minimum absolute atomic E-state index is 0.346. The molecule has 162 valence electrons. The van der Waals surface area contributed by atoms with Gasteiger partial charge < -0.3 is 10.1 Å². The Hall–Kier alpha value is -3.81. The largest absolute Gasteiger partial charge is 0.456 e. The third-order valence-corrected chi connectivity index (χ3v) is 5.06. The number of hydrogen-bond donors (Lipinski definition) is 1. The van der Waals surface area contributed by atoms with E-state index in [0.717, 1.165) is 35.7 Å². The van der Waals surface area contributed by atoms with E-state index in [1.807, 2.05) is 49.6 Å². The average molecular weight is 428 g/mol. The zero-order valence-electron chi connectivity index (χ0n) is 18.2. The summed E-state index contributed by atoms with van der Waals surface area (Å²) in [6.45, 7) is 5.55. The molecule has 1 aromatic carbocycles. The van der Waals surface area contributed by atoms with Crippen LogP contribution in [0, 0.1) is 0 Å². The van der Waals surface area contributed by atoms with Gasteiger partial charge in [0, 0.05) is 36.1 Å². The van der Waals surface area contributed by atoms with E-state index < -0.39 is 5.60 Å². The maximum absolute atomic E-state index is 12.3. The normalized spacial score (nSPS) is 13.8. The quantitative estimate of drug-likeness (QED) is 0.458. The van der Waals surface area contributed by atoms with Crippen molar-refractivity contribution in [2.45, 2.75) is 45.1 Å². The number of aromatic nitrogens is 5. The van der Waals surface area contributed by atoms with Crippen LogP contribution >= 0.6 is 0 Å². The maximum atomic E-state index is 12.3. The monoisotopic (exact) mass is 428 g/mol. The fourth-order valence-electron chi connectivity index (χ4n) is 3.40. The fraction of sp³-hybridized carbons (Fsp3) is 0.292. The SMILES string of the molecule is CC(C)(C)OC(=O)c1ccc(Nc2cc(-c3cnccn3)nc3cc(C4CC4)nn23)cc1. The molecule has 1 aliphatic carbocycles. The van der Waals surface area contributed by atoms with Crippen LogP contribution in [-0.4, -0.2) is 36.1 Å². The molecule has 0 unspecified atom stereocenters. The topological polar surface area (TPSA) is 94.3 Å². The number of esters is 1. The molecule has 5 rings (SSSR count). The Kier molecular flexibility index (Phi) is 4.84. The number of fused-ring (bicyclic) bond motifs is 1. The van der Waals surface area contributed by atoms with Crippen molar-refractivity contribution in [3.8, 4) is 11.4 Å². The first-order valence-corrected chi connectivity index (χ1v) is 10.6. The van der Waals surface area contributed by atoms with Crippen LogP contribution in [0.2, 0.25) is 0 Å². The smallest absolute Gasteiger partial charge is 0.338 e. The van der Waals surface area contributed by atoms with Crippen molar-refractivity contribution in [3.63, 3.8) is 0 Å². The number of rotatable bonds is 5. The standard InChI is InChI=1S/C24H24N6O2/c1-24(2,3)32-23(31)16-6-8-17(9-7-16)27-21-13-19(20-14-25-10-11-26-20)28-22-12-18(15-4-5-15)29-30(21)22/h6-15,27H,4-5H2,1-3H3. The molecule has 32 heavy (non-hydrogen) atoms. The number of carbonyl (C=O) groups is 1. The first-order valence-electron chi connectivity index (χ1n) is 10.6. The van der Waals surface area contributed by atoms with Gasteiger partial charge in [-0.1, -0.05) is 0 Å². The molecule has 3 heterocycles. The highest BCUT2D eigenvalue weighted by Gasteiger charge is 2.27. The molecule has 1 aliphatic rings. The minimum atomic E-state index is -0.535. The molecule has 3 aromatic heterocycles. The van der Waals surface area contributed by atoms with Crippen LogP contribution in [0.1, 0.15) is 55.6 Å². The molecule has 4 aromatic rings. The van der Waals surface area contributed by atoms with Crippen molar-refractivity contribution < 1.29 is 9.53 Å². The van der Waals surface area contributed by atoms with E-state index in [9.17, 15) is 4.79 Å². The van der Waals surface area contributed by atoms with Crippen LogP contribution in [0.3, 0.4) is 0 Å². The fourth-order valence-corrected chi connectivity index (χ4v) is 3.40. The zero-order valence-corrected chi connectivity index (χ0v) is 18.2. The van der Waals surface area contributed by atoms with Gasteiger partial charge in [-0.05, 0) is 57.9 Å². The van der Waals surface area contributed by atoms with E-state index in [1.54, 1.807) is 30.7 Å². The van der Waals surface area contributed by atoms with Gasteiger partial charge in [0.05, 0.1) is 23.1 Å². The van der Waals surface area contributed by atoms with Gasteiger partial charge >= 0.3 is 5.97 Å². The molecule has 1 fully saturated rings. The molecule has 0 atom stereocenters. The number of ether oxygens (including phenoxy) is 1. The summed E-state index contributed by atoms with van der Waals surface area (Å²) in [6, 6.07) is 11.1. The third-order valence-electron chi connectivity index (χ3n) is 5.06. The highest BCUT2D eigenvalue weighted by atomic mass is 16.6. The average Bonchev–Trinajstić information content (AvgIpc) is 3.52. The van der Waals surface area contributed by atoms with Gasteiger partial charge in [0.25, 0.3) is 0 Å². The highest BCUT2D eigenvalue weighted by Crippen LogP contribution is 2.40. The van der Waals surface area contributed by atoms with E-state index in [2.05, 4.69) is 15.3 Å². The van der Waals surface area contributed by atoms with E-state index >= 15 is 0 Å². The summed E-state index contributed by atoms with van der Waals surface area (Å²) in [5, 5.41) is 8.18. The van der Waals surface area contributed by atoms with Crippen molar-refractivity contribution in [3.05, 3.63) is 66.2 Å². The van der Waals surface area contributed by atoms with Gasteiger partial charge in [0.2, 0.25) is 0 Å². The third kappa shape index (κ3) is 4.30. The number of hydrogen-bond acceptors (Lipinski definition) is 7. The van der Waals surface area contributed by atoms with Gasteiger partial charge in [-0.25, -0.2) is 9.78 Å². The Morgan fingerprint density at radius 3 is 2.53 bits per heavy atom. The summed E-state index contributed by atoms with van der Waals surface area (Å²) in [5.41, 5.74) is 3.99. The molecule has 0 aliphatic heterocycles. The molecular formula is C24H24N6O2. The summed E-state index contributed by atoms with van der Waals surface area (Å²) < 4.78 is 7.26. The van der Waals surface area contributed by atoms with E-state index in [4.69, 9.17) is 14.8 Å². The molecule has 0 spiro atoms. The predicted octanol–water partition coefficient (Wildman–Crippen LogP) is 4.76. The van der Waals surface area contributed by atoms with Gasteiger partial charge in [0.15, 0.2) is 5.65 Å². The molecule has 0 amide bonds. The number of carbonyl (C=O) groups excluding carboxylic acids is 1. The van der Waals surface area contributed by atoms with Gasteiger partial charge in [-0.15, -0.1) is 0 Å². The lowest BCUT2D eigenvalue weighted by molar-refractivity contribution is 0.00695. The van der Waals surface area contributed by atoms with Crippen LogP contribution in [-0.2, 0) is 4.74 Å². The molecule has 1 saturated carbocycles. The second-order valence-electron chi connectivity index (χ2n) is 8.93. The first kappa shape index (κ1) is 20.1. The Balaban J connectivity index is 1.48. The van der Waals surface area contributed by atoms with Crippen LogP contribution < -0.4 is 5.32 Å². The van der Waals surface area contributed by atoms with Crippen LogP contribution in [0.15, 0.2) is 55.0 Å². The lowest BCUT2D eigenvalue weighted by Gasteiger charge is -2.19. The molecule has 8 heteroatoms. The number of nitrogens with zero attached hydrogens (tertiary/aromatic N) is 5. The molecule has 0 radical (unpaired) electrons. The minimum Gasteiger partial charge on any atom is -0.456 e. The van der Waals surface area contributed by atoms with Gasteiger partial charge in [-0.3, -0.25) is 9.97 Å².